The number of nitrogens with zero attached hydrogens (tertiary/aromatic N) is 4. The van der Waals surface area contributed by atoms with Crippen molar-refractivity contribution in [2.24, 2.45) is 5.14 Å². The van der Waals surface area contributed by atoms with Crippen molar-refractivity contribution in [3.8, 4) is 0 Å². The Balaban J connectivity index is 2.16. The maximum Gasteiger partial charge on any atom is 0.258 e. The second-order valence-corrected chi connectivity index (χ2v) is 6.46. The Hall–Kier alpha value is -1.90. The SMILES string of the molecule is Nc1nc(S(N)(=O)=O)c2ncn(C3O[C@H](CO)[C@@H](O)[C@H]3O)c2n1. The van der Waals surface area contributed by atoms with Crippen molar-refractivity contribution in [3.05, 3.63) is 6.33 Å². The molecule has 23 heavy (non-hydrogen) atoms. The molecule has 3 rings (SSSR count). The quantitative estimate of drug-likeness (QED) is 0.350. The summed E-state index contributed by atoms with van der Waals surface area (Å²) in [7, 11) is -4.20. The van der Waals surface area contributed by atoms with Crippen LogP contribution in [0.5, 0.6) is 0 Å². The number of primary sulfonamides is 1. The number of nitrogen functional groups attached to an aromatic ring is 1. The predicted octanol–water partition coefficient (Wildman–Crippen LogP) is -3.33. The van der Waals surface area contributed by atoms with E-state index < -0.39 is 46.2 Å². The number of nitrogens with two attached hydrogens (primary N) is 2. The number of rotatable bonds is 3. The molecule has 13 heteroatoms. The molecule has 1 aliphatic rings. The molecule has 4 atom stereocenters. The van der Waals surface area contributed by atoms with Crippen LogP contribution in [0.25, 0.3) is 11.2 Å². The first-order valence-corrected chi connectivity index (χ1v) is 7.94. The Labute approximate surface area is 129 Å². The number of sulfonamides is 1. The zero-order chi connectivity index (χ0) is 16.9. The van der Waals surface area contributed by atoms with E-state index in [1.54, 1.807) is 0 Å². The van der Waals surface area contributed by atoms with E-state index in [1.165, 1.54) is 4.57 Å². The molecule has 1 unspecified atom stereocenters. The van der Waals surface area contributed by atoms with Gasteiger partial charge in [-0.05, 0) is 0 Å². The number of hydrogen-bond acceptors (Lipinski definition) is 10. The third kappa shape index (κ3) is 2.52. The lowest BCUT2D eigenvalue weighted by molar-refractivity contribution is -0.0511. The number of aromatic nitrogens is 4. The lowest BCUT2D eigenvalue weighted by Gasteiger charge is -2.16. The highest BCUT2D eigenvalue weighted by Gasteiger charge is 2.44. The first kappa shape index (κ1) is 16.0. The maximum absolute atomic E-state index is 11.6. The van der Waals surface area contributed by atoms with Gasteiger partial charge in [0, 0.05) is 0 Å². The van der Waals surface area contributed by atoms with Crippen LogP contribution in [0, 0.1) is 0 Å². The number of aliphatic hydroxyl groups excluding tert-OH is 3. The van der Waals surface area contributed by atoms with Crippen molar-refractivity contribution in [2.75, 3.05) is 12.3 Å². The number of aliphatic hydroxyl groups is 3. The molecule has 2 aromatic heterocycles. The molecule has 0 bridgehead atoms. The van der Waals surface area contributed by atoms with E-state index in [1.807, 2.05) is 0 Å². The summed E-state index contributed by atoms with van der Waals surface area (Å²) < 4.78 is 29.7. The number of ether oxygens (including phenoxy) is 1. The summed E-state index contributed by atoms with van der Waals surface area (Å²) in [5, 5.41) is 33.5. The fourth-order valence-electron chi connectivity index (χ4n) is 2.40. The summed E-state index contributed by atoms with van der Waals surface area (Å²) in [5.74, 6) is -0.366. The second kappa shape index (κ2) is 5.33. The Bertz CT molecular complexity index is 853. The third-order valence-corrected chi connectivity index (χ3v) is 4.29. The van der Waals surface area contributed by atoms with Crippen molar-refractivity contribution in [3.63, 3.8) is 0 Å². The summed E-state index contributed by atoms with van der Waals surface area (Å²) in [5.41, 5.74) is 5.29. The van der Waals surface area contributed by atoms with E-state index in [0.29, 0.717) is 0 Å². The van der Waals surface area contributed by atoms with Gasteiger partial charge in [0.1, 0.15) is 23.8 Å². The minimum absolute atomic E-state index is 0.0450. The predicted molar refractivity (Wildman–Crippen MR) is 74.1 cm³/mol. The van der Waals surface area contributed by atoms with Gasteiger partial charge in [-0.2, -0.15) is 9.97 Å². The van der Waals surface area contributed by atoms with Gasteiger partial charge < -0.3 is 25.8 Å². The van der Waals surface area contributed by atoms with Crippen LogP contribution in [0.3, 0.4) is 0 Å². The summed E-state index contributed by atoms with van der Waals surface area (Å²) in [6, 6.07) is 0. The average Bonchev–Trinajstić information content (AvgIpc) is 3.00. The van der Waals surface area contributed by atoms with Crippen LogP contribution in [-0.4, -0.2) is 68.2 Å². The summed E-state index contributed by atoms with van der Waals surface area (Å²) in [6.07, 6.45) is -3.73. The summed E-state index contributed by atoms with van der Waals surface area (Å²) >= 11 is 0. The van der Waals surface area contributed by atoms with Crippen LogP contribution in [0.15, 0.2) is 11.4 Å². The van der Waals surface area contributed by atoms with E-state index in [9.17, 15) is 18.6 Å². The van der Waals surface area contributed by atoms with Crippen LogP contribution in [-0.2, 0) is 14.8 Å². The molecule has 1 aliphatic heterocycles. The molecule has 0 aromatic carbocycles. The molecular weight excluding hydrogens is 332 g/mol. The first-order valence-electron chi connectivity index (χ1n) is 6.39. The van der Waals surface area contributed by atoms with Gasteiger partial charge in [-0.1, -0.05) is 0 Å². The van der Waals surface area contributed by atoms with Gasteiger partial charge in [0.05, 0.1) is 12.9 Å². The first-order chi connectivity index (χ1) is 10.7. The van der Waals surface area contributed by atoms with E-state index in [4.69, 9.17) is 20.7 Å². The molecule has 2 aromatic rings. The smallest absolute Gasteiger partial charge is 0.258 e. The van der Waals surface area contributed by atoms with Gasteiger partial charge >= 0.3 is 0 Å². The topological polar surface area (TPSA) is 200 Å². The maximum atomic E-state index is 11.6. The number of fused-ring (bicyclic) bond motifs is 1. The Morgan fingerprint density at radius 1 is 1.30 bits per heavy atom. The van der Waals surface area contributed by atoms with E-state index in [-0.39, 0.29) is 17.1 Å². The highest BCUT2D eigenvalue weighted by Crippen LogP contribution is 2.32. The number of hydrogen-bond donors (Lipinski definition) is 5. The molecule has 0 aliphatic carbocycles. The van der Waals surface area contributed by atoms with Crippen molar-refractivity contribution in [2.45, 2.75) is 29.6 Å². The van der Waals surface area contributed by atoms with Gasteiger partial charge in [0.25, 0.3) is 10.0 Å². The van der Waals surface area contributed by atoms with Crippen LogP contribution in [0.2, 0.25) is 0 Å². The molecule has 0 saturated carbocycles. The lowest BCUT2D eigenvalue weighted by atomic mass is 10.1. The largest absolute Gasteiger partial charge is 0.394 e. The van der Waals surface area contributed by atoms with Gasteiger partial charge in [0.15, 0.2) is 11.9 Å². The van der Waals surface area contributed by atoms with Crippen molar-refractivity contribution < 1.29 is 28.5 Å². The minimum atomic E-state index is -4.20. The van der Waals surface area contributed by atoms with Crippen molar-refractivity contribution >= 4 is 27.1 Å². The molecule has 0 radical (unpaired) electrons. The minimum Gasteiger partial charge on any atom is -0.394 e. The molecule has 1 saturated heterocycles. The lowest BCUT2D eigenvalue weighted by Crippen LogP contribution is -2.33. The molecular formula is C10H14N6O6S. The number of imidazole rings is 1. The molecule has 7 N–H and O–H groups in total. The number of anilines is 1. The van der Waals surface area contributed by atoms with Crippen LogP contribution in [0.1, 0.15) is 6.23 Å². The standard InChI is InChI=1S/C10H14N6O6S/c11-10-14-7-4(8(15-10)23(12,20)21)13-2-16(7)9-6(19)5(18)3(1-17)22-9/h2-3,5-6,9,17-19H,1H2,(H2,11,14,15)(H2,12,20,21)/t3-,5-,6-,9?/m1/s1. The molecule has 126 valence electrons. The van der Waals surface area contributed by atoms with Gasteiger partial charge in [0.2, 0.25) is 11.0 Å². The fourth-order valence-corrected chi connectivity index (χ4v) is 3.04. The zero-order valence-electron chi connectivity index (χ0n) is 11.5. The van der Waals surface area contributed by atoms with E-state index >= 15 is 0 Å². The zero-order valence-corrected chi connectivity index (χ0v) is 12.3. The third-order valence-electron chi connectivity index (χ3n) is 3.47. The van der Waals surface area contributed by atoms with Gasteiger partial charge in [-0.3, -0.25) is 4.57 Å². The van der Waals surface area contributed by atoms with Crippen molar-refractivity contribution in [1.82, 2.24) is 19.5 Å². The molecule has 12 nitrogen and oxygen atoms in total. The normalized spacial score (nSPS) is 28.5. The van der Waals surface area contributed by atoms with Gasteiger partial charge in [-0.15, -0.1) is 0 Å². The Morgan fingerprint density at radius 3 is 2.57 bits per heavy atom. The molecule has 3 heterocycles. The average molecular weight is 346 g/mol. The Kier molecular flexibility index (Phi) is 3.70. The Morgan fingerprint density at radius 2 is 2.00 bits per heavy atom. The van der Waals surface area contributed by atoms with E-state index in [0.717, 1.165) is 6.33 Å². The van der Waals surface area contributed by atoms with Crippen LogP contribution >= 0.6 is 0 Å². The van der Waals surface area contributed by atoms with Crippen molar-refractivity contribution in [1.29, 1.82) is 0 Å². The summed E-state index contributed by atoms with van der Waals surface area (Å²) in [6.45, 7) is -0.513. The highest BCUT2D eigenvalue weighted by atomic mass is 32.2. The van der Waals surface area contributed by atoms with Crippen LogP contribution in [0.4, 0.5) is 5.95 Å². The summed E-state index contributed by atoms with van der Waals surface area (Å²) in [4.78, 5) is 11.3. The second-order valence-electron chi connectivity index (χ2n) is 4.98. The van der Waals surface area contributed by atoms with Crippen LogP contribution < -0.4 is 10.9 Å². The molecule has 1 fully saturated rings. The fraction of sp³-hybridized carbons (Fsp3) is 0.500. The highest BCUT2D eigenvalue weighted by molar-refractivity contribution is 7.89. The monoisotopic (exact) mass is 346 g/mol. The van der Waals surface area contributed by atoms with Gasteiger partial charge in [-0.25, -0.2) is 18.5 Å². The molecule has 0 amide bonds. The van der Waals surface area contributed by atoms with E-state index in [2.05, 4.69) is 15.0 Å². The molecule has 0 spiro atoms.